The van der Waals surface area contributed by atoms with E-state index < -0.39 is 0 Å². The number of ether oxygens (including phenoxy) is 1. The van der Waals surface area contributed by atoms with Gasteiger partial charge in [-0.1, -0.05) is 37.3 Å². The molecule has 1 heterocycles. The molecular weight excluding hydrogens is 274 g/mol. The molecule has 3 nitrogen and oxygen atoms in total. The smallest absolute Gasteiger partial charge is 0.222 e. The van der Waals surface area contributed by atoms with Crippen LogP contribution in [0.15, 0.2) is 30.3 Å². The Labute approximate surface area is 134 Å². The van der Waals surface area contributed by atoms with E-state index in [4.69, 9.17) is 4.74 Å². The van der Waals surface area contributed by atoms with Crippen molar-refractivity contribution in [2.75, 3.05) is 26.3 Å². The summed E-state index contributed by atoms with van der Waals surface area (Å²) >= 11 is 0. The number of nitrogens with zero attached hydrogens (tertiary/aromatic N) is 1. The van der Waals surface area contributed by atoms with Crippen molar-refractivity contribution in [3.8, 4) is 0 Å². The monoisotopic (exact) mass is 303 g/mol. The molecule has 0 N–H and O–H groups in total. The highest BCUT2D eigenvalue weighted by molar-refractivity contribution is 5.76. The Morgan fingerprint density at radius 1 is 1.36 bits per heavy atom. The lowest BCUT2D eigenvalue weighted by Gasteiger charge is -2.25. The van der Waals surface area contributed by atoms with Crippen LogP contribution in [-0.2, 0) is 16.0 Å². The maximum Gasteiger partial charge on any atom is 0.222 e. The Bertz CT molecular complexity index is 440. The summed E-state index contributed by atoms with van der Waals surface area (Å²) in [5, 5.41) is 0. The van der Waals surface area contributed by atoms with Crippen molar-refractivity contribution in [1.29, 1.82) is 0 Å². The second kappa shape index (κ2) is 8.94. The van der Waals surface area contributed by atoms with Gasteiger partial charge in [-0.3, -0.25) is 4.79 Å². The summed E-state index contributed by atoms with van der Waals surface area (Å²) in [4.78, 5) is 14.5. The summed E-state index contributed by atoms with van der Waals surface area (Å²) < 4.78 is 5.41. The summed E-state index contributed by atoms with van der Waals surface area (Å²) in [6, 6.07) is 10.5. The van der Waals surface area contributed by atoms with Crippen molar-refractivity contribution >= 4 is 5.91 Å². The highest BCUT2D eigenvalue weighted by Crippen LogP contribution is 2.17. The summed E-state index contributed by atoms with van der Waals surface area (Å²) in [5.74, 6) is 1.26. The van der Waals surface area contributed by atoms with Gasteiger partial charge in [0.05, 0.1) is 6.61 Å². The van der Waals surface area contributed by atoms with Gasteiger partial charge < -0.3 is 9.64 Å². The molecule has 0 aliphatic carbocycles. The van der Waals surface area contributed by atoms with Gasteiger partial charge in [-0.2, -0.15) is 0 Å². The van der Waals surface area contributed by atoms with Gasteiger partial charge in [0.15, 0.2) is 0 Å². The number of hydrogen-bond acceptors (Lipinski definition) is 2. The fraction of sp³-hybridized carbons (Fsp3) is 0.632. The molecule has 2 atom stereocenters. The molecule has 22 heavy (non-hydrogen) atoms. The summed E-state index contributed by atoms with van der Waals surface area (Å²) in [6.45, 7) is 7.59. The van der Waals surface area contributed by atoms with Crippen LogP contribution in [0.2, 0.25) is 0 Å². The first-order valence-corrected chi connectivity index (χ1v) is 8.58. The lowest BCUT2D eigenvalue weighted by molar-refractivity contribution is -0.132. The predicted octanol–water partition coefficient (Wildman–Crippen LogP) is 3.53. The van der Waals surface area contributed by atoms with Gasteiger partial charge in [0.25, 0.3) is 0 Å². The molecule has 0 radical (unpaired) electrons. The van der Waals surface area contributed by atoms with E-state index in [1.165, 1.54) is 5.56 Å². The van der Waals surface area contributed by atoms with Crippen LogP contribution >= 0.6 is 0 Å². The molecule has 0 saturated carbocycles. The summed E-state index contributed by atoms with van der Waals surface area (Å²) in [7, 11) is 0. The topological polar surface area (TPSA) is 29.5 Å². The Morgan fingerprint density at radius 2 is 2.14 bits per heavy atom. The number of carbonyl (C=O) groups excluding carboxylic acids is 1. The molecule has 1 aliphatic rings. The molecule has 3 heteroatoms. The number of rotatable bonds is 8. The van der Waals surface area contributed by atoms with Gasteiger partial charge >= 0.3 is 0 Å². The van der Waals surface area contributed by atoms with E-state index in [2.05, 4.69) is 38.1 Å². The van der Waals surface area contributed by atoms with Crippen molar-refractivity contribution < 1.29 is 9.53 Å². The molecule has 1 amide bonds. The van der Waals surface area contributed by atoms with E-state index in [1.54, 1.807) is 0 Å². The zero-order chi connectivity index (χ0) is 15.8. The van der Waals surface area contributed by atoms with Crippen molar-refractivity contribution in [3.63, 3.8) is 0 Å². The van der Waals surface area contributed by atoms with Crippen molar-refractivity contribution in [3.05, 3.63) is 35.9 Å². The van der Waals surface area contributed by atoms with Crippen LogP contribution in [0.3, 0.4) is 0 Å². The van der Waals surface area contributed by atoms with E-state index in [0.29, 0.717) is 24.2 Å². The number of benzene rings is 1. The largest absolute Gasteiger partial charge is 0.381 e. The van der Waals surface area contributed by atoms with Crippen LogP contribution < -0.4 is 0 Å². The maximum absolute atomic E-state index is 12.5. The van der Waals surface area contributed by atoms with E-state index in [-0.39, 0.29) is 0 Å². The molecule has 0 unspecified atom stereocenters. The zero-order valence-corrected chi connectivity index (χ0v) is 14.0. The number of hydrogen-bond donors (Lipinski definition) is 0. The van der Waals surface area contributed by atoms with Crippen LogP contribution in [0.1, 0.15) is 38.7 Å². The quantitative estimate of drug-likeness (QED) is 0.735. The van der Waals surface area contributed by atoms with Crippen LogP contribution in [-0.4, -0.2) is 37.1 Å². The first-order chi connectivity index (χ1) is 10.7. The first kappa shape index (κ1) is 17.0. The second-order valence-electron chi connectivity index (χ2n) is 6.50. The van der Waals surface area contributed by atoms with Crippen LogP contribution in [0.25, 0.3) is 0 Å². The van der Waals surface area contributed by atoms with Crippen LogP contribution in [0.4, 0.5) is 0 Å². The zero-order valence-electron chi connectivity index (χ0n) is 14.0. The molecule has 0 aromatic heterocycles. The highest BCUT2D eigenvalue weighted by atomic mass is 16.5. The van der Waals surface area contributed by atoms with E-state index in [9.17, 15) is 4.79 Å². The third-order valence-electron chi connectivity index (χ3n) is 4.53. The minimum atomic E-state index is 0.301. The average molecular weight is 303 g/mol. The minimum Gasteiger partial charge on any atom is -0.381 e. The first-order valence-electron chi connectivity index (χ1n) is 8.58. The minimum absolute atomic E-state index is 0.301. The predicted molar refractivity (Wildman–Crippen MR) is 89.7 cm³/mol. The number of amides is 1. The van der Waals surface area contributed by atoms with Gasteiger partial charge in [0.1, 0.15) is 0 Å². The Hall–Kier alpha value is -1.35. The maximum atomic E-state index is 12.5. The van der Waals surface area contributed by atoms with Crippen molar-refractivity contribution in [1.82, 2.24) is 4.90 Å². The lowest BCUT2D eigenvalue weighted by Crippen LogP contribution is -2.36. The highest BCUT2D eigenvalue weighted by Gasteiger charge is 2.22. The van der Waals surface area contributed by atoms with Crippen molar-refractivity contribution in [2.24, 2.45) is 11.8 Å². The molecule has 1 saturated heterocycles. The molecule has 2 rings (SSSR count). The van der Waals surface area contributed by atoms with Crippen LogP contribution in [0.5, 0.6) is 0 Å². The molecule has 0 bridgehead atoms. The van der Waals surface area contributed by atoms with Gasteiger partial charge in [0.2, 0.25) is 5.91 Å². The van der Waals surface area contributed by atoms with Gasteiger partial charge in [-0.25, -0.2) is 0 Å². The van der Waals surface area contributed by atoms with Crippen LogP contribution in [0, 0.1) is 11.8 Å². The normalized spacial score (nSPS) is 19.1. The number of aryl methyl sites for hydroxylation is 1. The molecule has 1 aromatic rings. The molecular formula is C19H29NO2. The number of carbonyl (C=O) groups is 1. The van der Waals surface area contributed by atoms with Gasteiger partial charge in [-0.15, -0.1) is 0 Å². The Balaban J connectivity index is 1.73. The van der Waals surface area contributed by atoms with Gasteiger partial charge in [-0.05, 0) is 37.7 Å². The van der Waals surface area contributed by atoms with E-state index in [0.717, 1.165) is 45.6 Å². The van der Waals surface area contributed by atoms with E-state index >= 15 is 0 Å². The average Bonchev–Trinajstić information content (AvgIpc) is 3.04. The fourth-order valence-electron chi connectivity index (χ4n) is 3.03. The SMILES string of the molecule is CCN(C[C@@H]1CCOC1)C(=O)C[C@H](C)CCc1ccccc1. The summed E-state index contributed by atoms with van der Waals surface area (Å²) in [6.07, 6.45) is 3.87. The van der Waals surface area contributed by atoms with E-state index in [1.807, 2.05) is 11.0 Å². The summed E-state index contributed by atoms with van der Waals surface area (Å²) in [5.41, 5.74) is 1.36. The Morgan fingerprint density at radius 3 is 2.77 bits per heavy atom. The molecule has 1 fully saturated rings. The Kier molecular flexibility index (Phi) is 6.91. The second-order valence-corrected chi connectivity index (χ2v) is 6.50. The fourth-order valence-corrected chi connectivity index (χ4v) is 3.03. The molecule has 0 spiro atoms. The molecule has 1 aromatic carbocycles. The third kappa shape index (κ3) is 5.45. The molecule has 122 valence electrons. The van der Waals surface area contributed by atoms with Gasteiger partial charge in [0, 0.05) is 32.0 Å². The molecule has 1 aliphatic heterocycles. The standard InChI is InChI=1S/C19H29NO2/c1-3-20(14-18-11-12-22-15-18)19(21)13-16(2)9-10-17-7-5-4-6-8-17/h4-8,16,18H,3,9-15H2,1-2H3/t16-,18+/m1/s1. The van der Waals surface area contributed by atoms with Crippen molar-refractivity contribution in [2.45, 2.75) is 39.5 Å². The third-order valence-corrected chi connectivity index (χ3v) is 4.53. The lowest BCUT2D eigenvalue weighted by atomic mass is 9.97.